The molecule has 2 N–H and O–H groups in total. The van der Waals surface area contributed by atoms with Crippen LogP contribution in [0.3, 0.4) is 0 Å². The fraction of sp³-hybridized carbons (Fsp3) is 0.304. The minimum atomic E-state index is 0. The summed E-state index contributed by atoms with van der Waals surface area (Å²) in [6, 6.07) is 48.1. The number of benzene rings is 6. The summed E-state index contributed by atoms with van der Waals surface area (Å²) in [5.74, 6) is 0. The molecule has 5 nitrogen and oxygen atoms in total. The Morgan fingerprint density at radius 1 is 0.386 bits per heavy atom. The molecule has 0 heterocycles. The average Bonchev–Trinajstić information content (AvgIpc) is 3.13. The SMILES string of the molecule is CN(C)CCCN(C)Cc1ccccc1Sc1ccc2ccccc2c1.CN(C)CCCN(C)Cc1ccccc1Sc1ccc2ccccc2c1.Cl.Cl.Cl.Cl.O. The lowest BCUT2D eigenvalue weighted by atomic mass is 10.1. The van der Waals surface area contributed by atoms with Gasteiger partial charge in [0, 0.05) is 32.7 Å². The predicted molar refractivity (Wildman–Crippen MR) is 261 cm³/mol. The number of nitrogens with zero attached hydrogens (tertiary/aromatic N) is 4. The van der Waals surface area contributed by atoms with E-state index in [9.17, 15) is 0 Å². The third-order valence-corrected chi connectivity index (χ3v) is 11.2. The minimum Gasteiger partial charge on any atom is -0.412 e. The van der Waals surface area contributed by atoms with E-state index in [0.717, 1.165) is 39.3 Å². The van der Waals surface area contributed by atoms with Crippen LogP contribution in [0.15, 0.2) is 153 Å². The van der Waals surface area contributed by atoms with Gasteiger partial charge in [0.05, 0.1) is 0 Å². The fourth-order valence-electron chi connectivity index (χ4n) is 6.24. The van der Waals surface area contributed by atoms with Crippen molar-refractivity contribution in [2.45, 2.75) is 45.5 Å². The van der Waals surface area contributed by atoms with E-state index in [4.69, 9.17) is 0 Å². The molecule has 0 aliphatic carbocycles. The standard InChI is InChI=1S/2C23H28N2S.4ClH.H2O/c2*1-24(2)15-8-16-25(3)18-21-11-6-7-12-23(21)26-22-14-13-19-9-4-5-10-20(19)17-22;;;;;/h2*4-7,9-14,17H,8,15-16,18H2,1-3H3;4*1H;1H2. The van der Waals surface area contributed by atoms with Gasteiger partial charge in [-0.1, -0.05) is 121 Å². The van der Waals surface area contributed by atoms with Crippen LogP contribution in [0.25, 0.3) is 21.5 Å². The Balaban J connectivity index is 0.00000101. The zero-order valence-corrected chi connectivity index (χ0v) is 39.0. The van der Waals surface area contributed by atoms with Gasteiger partial charge in [-0.15, -0.1) is 49.6 Å². The second-order valence-electron chi connectivity index (χ2n) is 14.2. The molecule has 0 atom stereocenters. The summed E-state index contributed by atoms with van der Waals surface area (Å²) in [5, 5.41) is 5.20. The molecule has 0 bridgehead atoms. The zero-order chi connectivity index (χ0) is 36.7. The van der Waals surface area contributed by atoms with E-state index in [1.165, 1.54) is 65.1 Å². The molecule has 11 heteroatoms. The van der Waals surface area contributed by atoms with Crippen molar-refractivity contribution in [1.82, 2.24) is 19.6 Å². The Morgan fingerprint density at radius 3 is 1.09 bits per heavy atom. The number of hydrogen-bond donors (Lipinski definition) is 0. The van der Waals surface area contributed by atoms with Gasteiger partial charge in [-0.05, 0) is 150 Å². The molecule has 57 heavy (non-hydrogen) atoms. The van der Waals surface area contributed by atoms with Crippen molar-refractivity contribution in [2.24, 2.45) is 0 Å². The molecule has 0 saturated heterocycles. The summed E-state index contributed by atoms with van der Waals surface area (Å²) in [6.45, 7) is 6.49. The number of fused-ring (bicyclic) bond motifs is 2. The van der Waals surface area contributed by atoms with Gasteiger partial charge in [0.2, 0.25) is 0 Å². The van der Waals surface area contributed by atoms with Crippen molar-refractivity contribution in [3.8, 4) is 0 Å². The molecule has 312 valence electrons. The van der Waals surface area contributed by atoms with Crippen LogP contribution < -0.4 is 0 Å². The van der Waals surface area contributed by atoms with Crippen LogP contribution in [0.2, 0.25) is 0 Å². The monoisotopic (exact) mass is 890 g/mol. The van der Waals surface area contributed by atoms with Crippen LogP contribution in [-0.4, -0.2) is 93.5 Å². The molecule has 0 fully saturated rings. The lowest BCUT2D eigenvalue weighted by molar-refractivity contribution is 0.293. The summed E-state index contributed by atoms with van der Waals surface area (Å²) in [7, 11) is 13.0. The molecule has 0 spiro atoms. The third-order valence-electron chi connectivity index (χ3n) is 9.01. The van der Waals surface area contributed by atoms with Crippen LogP contribution in [-0.2, 0) is 13.1 Å². The fourth-order valence-corrected chi connectivity index (χ4v) is 8.21. The van der Waals surface area contributed by atoms with Crippen molar-refractivity contribution in [2.75, 3.05) is 68.5 Å². The van der Waals surface area contributed by atoms with Gasteiger partial charge in [0.1, 0.15) is 0 Å². The molecule has 6 aromatic carbocycles. The van der Waals surface area contributed by atoms with Gasteiger partial charge >= 0.3 is 0 Å². The summed E-state index contributed by atoms with van der Waals surface area (Å²) < 4.78 is 0. The first-order valence-corrected chi connectivity index (χ1v) is 20.0. The third kappa shape index (κ3) is 18.5. The smallest absolute Gasteiger partial charge is 0.0241 e. The molecule has 0 saturated carbocycles. The van der Waals surface area contributed by atoms with Gasteiger partial charge in [-0.25, -0.2) is 0 Å². The second kappa shape index (κ2) is 28.8. The minimum absolute atomic E-state index is 0. The van der Waals surface area contributed by atoms with E-state index in [0.29, 0.717) is 0 Å². The van der Waals surface area contributed by atoms with Crippen LogP contribution in [0.1, 0.15) is 24.0 Å². The van der Waals surface area contributed by atoms with Crippen LogP contribution in [0, 0.1) is 0 Å². The van der Waals surface area contributed by atoms with Crippen molar-refractivity contribution in [3.05, 3.63) is 145 Å². The maximum atomic E-state index is 2.42. The topological polar surface area (TPSA) is 44.5 Å². The molecular weight excluding hydrogens is 830 g/mol. The maximum Gasteiger partial charge on any atom is 0.0241 e. The molecular formula is C46H62Cl4N4OS2. The highest BCUT2D eigenvalue weighted by Crippen LogP contribution is 2.34. The van der Waals surface area contributed by atoms with Gasteiger partial charge < -0.3 is 25.1 Å². The van der Waals surface area contributed by atoms with E-state index in [1.54, 1.807) is 0 Å². The Hall–Kier alpha value is -2.50. The van der Waals surface area contributed by atoms with Crippen molar-refractivity contribution >= 4 is 94.7 Å². The Morgan fingerprint density at radius 2 is 0.719 bits per heavy atom. The first kappa shape index (κ1) is 54.5. The van der Waals surface area contributed by atoms with Crippen LogP contribution in [0.5, 0.6) is 0 Å². The molecule has 6 aromatic rings. The average molecular weight is 893 g/mol. The van der Waals surface area contributed by atoms with Crippen molar-refractivity contribution in [3.63, 3.8) is 0 Å². The highest BCUT2D eigenvalue weighted by Gasteiger charge is 2.10. The number of rotatable bonds is 16. The van der Waals surface area contributed by atoms with E-state index < -0.39 is 0 Å². The van der Waals surface area contributed by atoms with Gasteiger partial charge in [0.25, 0.3) is 0 Å². The summed E-state index contributed by atoms with van der Waals surface area (Å²) in [4.78, 5) is 14.6. The Kier molecular flexibility index (Phi) is 27.6. The quantitative estimate of drug-likeness (QED) is 0.0965. The largest absolute Gasteiger partial charge is 0.412 e. The van der Waals surface area contributed by atoms with Crippen LogP contribution in [0.4, 0.5) is 0 Å². The highest BCUT2D eigenvalue weighted by molar-refractivity contribution is 7.99. The first-order chi connectivity index (χ1) is 25.2. The van der Waals surface area contributed by atoms with Gasteiger partial charge in [-0.3, -0.25) is 0 Å². The van der Waals surface area contributed by atoms with E-state index in [-0.39, 0.29) is 55.1 Å². The lowest BCUT2D eigenvalue weighted by Gasteiger charge is -2.20. The summed E-state index contributed by atoms with van der Waals surface area (Å²) in [5.41, 5.74) is 2.80. The zero-order valence-electron chi connectivity index (χ0n) is 34.1. The molecule has 0 aliphatic heterocycles. The van der Waals surface area contributed by atoms with Gasteiger partial charge in [0.15, 0.2) is 0 Å². The molecule has 0 amide bonds. The highest BCUT2D eigenvalue weighted by atomic mass is 35.5. The molecule has 0 aliphatic rings. The number of halogens is 4. The normalized spacial score (nSPS) is 10.6. The van der Waals surface area contributed by atoms with E-state index in [2.05, 4.69) is 195 Å². The van der Waals surface area contributed by atoms with Crippen LogP contribution >= 0.6 is 73.2 Å². The molecule has 0 unspecified atom stereocenters. The first-order valence-electron chi connectivity index (χ1n) is 18.4. The van der Waals surface area contributed by atoms with Crippen molar-refractivity contribution in [1.29, 1.82) is 0 Å². The summed E-state index contributed by atoms with van der Waals surface area (Å²) >= 11 is 3.73. The predicted octanol–water partition coefficient (Wildman–Crippen LogP) is 11.6. The molecule has 0 aromatic heterocycles. The van der Waals surface area contributed by atoms with Crippen molar-refractivity contribution < 1.29 is 5.48 Å². The van der Waals surface area contributed by atoms with E-state index >= 15 is 0 Å². The molecule has 0 radical (unpaired) electrons. The summed E-state index contributed by atoms with van der Waals surface area (Å²) in [6.07, 6.45) is 2.40. The number of hydrogen-bond acceptors (Lipinski definition) is 6. The Labute approximate surface area is 375 Å². The molecule has 6 rings (SSSR count). The lowest BCUT2D eigenvalue weighted by Crippen LogP contribution is -2.23. The Bertz CT molecular complexity index is 1860. The maximum absolute atomic E-state index is 2.42. The van der Waals surface area contributed by atoms with E-state index in [1.807, 2.05) is 23.5 Å². The van der Waals surface area contributed by atoms with Gasteiger partial charge in [-0.2, -0.15) is 0 Å². The second-order valence-corrected chi connectivity index (χ2v) is 16.5.